The molecule has 1 rings (SSSR count). The molecular weight excluding hydrogens is 190 g/mol. The van der Waals surface area contributed by atoms with Crippen LogP contribution in [-0.4, -0.2) is 36.6 Å². The van der Waals surface area contributed by atoms with Crippen molar-refractivity contribution in [2.75, 3.05) is 20.2 Å². The molecule has 3 heteroatoms. The first-order valence-corrected chi connectivity index (χ1v) is 5.87. The third-order valence-electron chi connectivity index (χ3n) is 3.62. The molecule has 0 aromatic carbocycles. The quantitative estimate of drug-likeness (QED) is 0.669. The van der Waals surface area contributed by atoms with Crippen molar-refractivity contribution in [1.82, 2.24) is 4.90 Å². The summed E-state index contributed by atoms with van der Waals surface area (Å²) in [5.41, 5.74) is -0.0394. The molecule has 1 saturated heterocycles. The van der Waals surface area contributed by atoms with E-state index in [1.54, 1.807) is 0 Å². The molecule has 0 aliphatic carbocycles. The van der Waals surface area contributed by atoms with Crippen molar-refractivity contribution in [3.63, 3.8) is 0 Å². The first-order chi connectivity index (χ1) is 7.04. The molecule has 3 nitrogen and oxygen atoms in total. The van der Waals surface area contributed by atoms with Crippen LogP contribution in [0.15, 0.2) is 0 Å². The minimum absolute atomic E-state index is 0.0394. The Bertz CT molecular complexity index is 226. The van der Waals surface area contributed by atoms with Gasteiger partial charge in [0, 0.05) is 5.54 Å². The zero-order valence-corrected chi connectivity index (χ0v) is 10.4. The molecule has 0 bridgehead atoms. The second kappa shape index (κ2) is 4.97. The Morgan fingerprint density at radius 1 is 1.53 bits per heavy atom. The highest BCUT2D eigenvalue weighted by molar-refractivity contribution is 5.74. The van der Waals surface area contributed by atoms with Crippen LogP contribution in [0.25, 0.3) is 0 Å². The van der Waals surface area contributed by atoms with Gasteiger partial charge in [-0.1, -0.05) is 13.3 Å². The average Bonchev–Trinajstić information content (AvgIpc) is 2.49. The number of esters is 1. The van der Waals surface area contributed by atoms with Crippen molar-refractivity contribution in [2.45, 2.75) is 45.6 Å². The molecule has 1 unspecified atom stereocenters. The van der Waals surface area contributed by atoms with Gasteiger partial charge >= 0.3 is 5.97 Å². The molecule has 1 aliphatic rings. The summed E-state index contributed by atoms with van der Waals surface area (Å²) in [7, 11) is 1.48. The third-order valence-corrected chi connectivity index (χ3v) is 3.62. The van der Waals surface area contributed by atoms with Gasteiger partial charge in [-0.25, -0.2) is 0 Å². The molecule has 0 N–H and O–H groups in total. The number of hydrogen-bond acceptors (Lipinski definition) is 3. The van der Waals surface area contributed by atoms with E-state index in [2.05, 4.69) is 25.7 Å². The Morgan fingerprint density at radius 3 is 2.73 bits per heavy atom. The van der Waals surface area contributed by atoms with Gasteiger partial charge in [-0.15, -0.1) is 0 Å². The highest BCUT2D eigenvalue weighted by Gasteiger charge is 2.45. The maximum Gasteiger partial charge on any atom is 0.310 e. The minimum atomic E-state index is -0.0565. The first kappa shape index (κ1) is 12.5. The predicted molar refractivity (Wildman–Crippen MR) is 60.7 cm³/mol. The smallest absolute Gasteiger partial charge is 0.310 e. The van der Waals surface area contributed by atoms with E-state index in [9.17, 15) is 4.79 Å². The molecular formula is C12H23NO2. The molecule has 0 aromatic heterocycles. The van der Waals surface area contributed by atoms with Gasteiger partial charge in [-0.2, -0.15) is 0 Å². The Morgan fingerprint density at radius 2 is 2.20 bits per heavy atom. The molecule has 1 heterocycles. The van der Waals surface area contributed by atoms with Gasteiger partial charge in [0.05, 0.1) is 13.0 Å². The second-order valence-corrected chi connectivity index (χ2v) is 4.86. The van der Waals surface area contributed by atoms with Crippen LogP contribution in [0.4, 0.5) is 0 Å². The molecule has 0 amide bonds. The summed E-state index contributed by atoms with van der Waals surface area (Å²) >= 11 is 0. The fraction of sp³-hybridized carbons (Fsp3) is 0.917. The van der Waals surface area contributed by atoms with Gasteiger partial charge in [0.1, 0.15) is 0 Å². The van der Waals surface area contributed by atoms with Crippen molar-refractivity contribution in [3.8, 4) is 0 Å². The molecule has 88 valence electrons. The SMILES string of the molecule is CCCCN1CCC(C(=O)OC)C1(C)C. The number of carbonyl (C=O) groups excluding carboxylic acids is 1. The maximum absolute atomic E-state index is 11.6. The molecule has 1 atom stereocenters. The van der Waals surface area contributed by atoms with Crippen LogP contribution in [-0.2, 0) is 9.53 Å². The third kappa shape index (κ3) is 2.51. The second-order valence-electron chi connectivity index (χ2n) is 4.86. The van der Waals surface area contributed by atoms with Crippen LogP contribution in [0.1, 0.15) is 40.0 Å². The monoisotopic (exact) mass is 213 g/mol. The van der Waals surface area contributed by atoms with Gasteiger partial charge < -0.3 is 4.74 Å². The fourth-order valence-electron chi connectivity index (χ4n) is 2.44. The van der Waals surface area contributed by atoms with E-state index >= 15 is 0 Å². The first-order valence-electron chi connectivity index (χ1n) is 5.87. The van der Waals surface area contributed by atoms with Crippen LogP contribution in [0.5, 0.6) is 0 Å². The summed E-state index contributed by atoms with van der Waals surface area (Å²) in [4.78, 5) is 14.0. The van der Waals surface area contributed by atoms with Gasteiger partial charge in [0.25, 0.3) is 0 Å². The lowest BCUT2D eigenvalue weighted by molar-refractivity contribution is -0.148. The van der Waals surface area contributed by atoms with E-state index in [-0.39, 0.29) is 17.4 Å². The Hall–Kier alpha value is -0.570. The van der Waals surface area contributed by atoms with Crippen molar-refractivity contribution in [1.29, 1.82) is 0 Å². The maximum atomic E-state index is 11.6. The van der Waals surface area contributed by atoms with E-state index in [0.717, 1.165) is 19.5 Å². The highest BCUT2D eigenvalue weighted by atomic mass is 16.5. The molecule has 1 aliphatic heterocycles. The van der Waals surface area contributed by atoms with Crippen molar-refractivity contribution in [3.05, 3.63) is 0 Å². The van der Waals surface area contributed by atoms with Gasteiger partial charge in [-0.05, 0) is 39.8 Å². The number of methoxy groups -OCH3 is 1. The lowest BCUT2D eigenvalue weighted by atomic mass is 9.88. The van der Waals surface area contributed by atoms with E-state index < -0.39 is 0 Å². The summed E-state index contributed by atoms with van der Waals surface area (Å²) in [6, 6.07) is 0. The van der Waals surface area contributed by atoms with Crippen molar-refractivity contribution >= 4 is 5.97 Å². The minimum Gasteiger partial charge on any atom is -0.469 e. The van der Waals surface area contributed by atoms with E-state index in [1.807, 2.05) is 0 Å². The fourth-order valence-corrected chi connectivity index (χ4v) is 2.44. The molecule has 0 saturated carbocycles. The number of nitrogens with zero attached hydrogens (tertiary/aromatic N) is 1. The molecule has 0 spiro atoms. The number of rotatable bonds is 4. The summed E-state index contributed by atoms with van der Waals surface area (Å²) in [5.74, 6) is -0.0154. The normalized spacial score (nSPS) is 25.5. The highest BCUT2D eigenvalue weighted by Crippen LogP contribution is 2.35. The van der Waals surface area contributed by atoms with Crippen molar-refractivity contribution < 1.29 is 9.53 Å². The van der Waals surface area contributed by atoms with Crippen LogP contribution in [0.2, 0.25) is 0 Å². The molecule has 0 aromatic rings. The number of carbonyl (C=O) groups is 1. The number of ether oxygens (including phenoxy) is 1. The summed E-state index contributed by atoms with van der Waals surface area (Å²) in [6.07, 6.45) is 3.34. The standard InChI is InChI=1S/C12H23NO2/c1-5-6-8-13-9-7-10(11(14)15-4)12(13,2)3/h10H,5-9H2,1-4H3. The number of likely N-dealkylation sites (tertiary alicyclic amines) is 1. The Kier molecular flexibility index (Phi) is 4.14. The number of unbranched alkanes of at least 4 members (excludes halogenated alkanes) is 1. The average molecular weight is 213 g/mol. The van der Waals surface area contributed by atoms with E-state index in [0.29, 0.717) is 0 Å². The van der Waals surface area contributed by atoms with E-state index in [1.165, 1.54) is 20.0 Å². The lowest BCUT2D eigenvalue weighted by Gasteiger charge is -2.34. The van der Waals surface area contributed by atoms with Gasteiger partial charge in [-0.3, -0.25) is 9.69 Å². The Labute approximate surface area is 92.8 Å². The van der Waals surface area contributed by atoms with Crippen LogP contribution < -0.4 is 0 Å². The van der Waals surface area contributed by atoms with Crippen LogP contribution in [0.3, 0.4) is 0 Å². The molecule has 0 radical (unpaired) electrons. The summed E-state index contributed by atoms with van der Waals surface area (Å²) < 4.78 is 4.86. The topological polar surface area (TPSA) is 29.5 Å². The van der Waals surface area contributed by atoms with E-state index in [4.69, 9.17) is 4.74 Å². The summed E-state index contributed by atoms with van der Waals surface area (Å²) in [6.45, 7) is 8.61. The Balaban J connectivity index is 2.62. The predicted octanol–water partition coefficient (Wildman–Crippen LogP) is 2.06. The van der Waals surface area contributed by atoms with Gasteiger partial charge in [0.2, 0.25) is 0 Å². The number of hydrogen-bond donors (Lipinski definition) is 0. The van der Waals surface area contributed by atoms with Crippen LogP contribution >= 0.6 is 0 Å². The summed E-state index contributed by atoms with van der Waals surface area (Å²) in [5, 5.41) is 0. The van der Waals surface area contributed by atoms with Crippen molar-refractivity contribution in [2.24, 2.45) is 5.92 Å². The zero-order chi connectivity index (χ0) is 11.5. The van der Waals surface area contributed by atoms with Gasteiger partial charge in [0.15, 0.2) is 0 Å². The molecule has 15 heavy (non-hydrogen) atoms. The lowest BCUT2D eigenvalue weighted by Crippen LogP contribution is -2.45. The van der Waals surface area contributed by atoms with Crippen LogP contribution in [0, 0.1) is 5.92 Å². The zero-order valence-electron chi connectivity index (χ0n) is 10.4. The largest absolute Gasteiger partial charge is 0.469 e. The molecule has 1 fully saturated rings.